The topological polar surface area (TPSA) is 65.2 Å². The van der Waals surface area contributed by atoms with Gasteiger partial charge in [0.15, 0.2) is 0 Å². The molecule has 0 amide bonds. The molecular formula is C13H23N3O2S. The van der Waals surface area contributed by atoms with E-state index in [2.05, 4.69) is 17.2 Å². The molecule has 1 aromatic heterocycles. The molecule has 0 saturated carbocycles. The van der Waals surface area contributed by atoms with Crippen molar-refractivity contribution < 1.29 is 8.42 Å². The third kappa shape index (κ3) is 3.19. The Hall–Kier alpha value is -0.850. The van der Waals surface area contributed by atoms with Crippen molar-refractivity contribution in [3.63, 3.8) is 0 Å². The van der Waals surface area contributed by atoms with Crippen LogP contribution in [0.2, 0.25) is 0 Å². The van der Waals surface area contributed by atoms with Crippen molar-refractivity contribution in [2.75, 3.05) is 20.1 Å². The maximum atomic E-state index is 12.5. The summed E-state index contributed by atoms with van der Waals surface area (Å²) in [5.41, 5.74) is 0.894. The molecule has 1 saturated heterocycles. The number of nitrogens with one attached hydrogen (secondary N) is 2. The van der Waals surface area contributed by atoms with Gasteiger partial charge in [-0.05, 0) is 31.9 Å². The first kappa shape index (κ1) is 14.6. The number of rotatable bonds is 6. The largest absolute Gasteiger partial charge is 0.363 e. The smallest absolute Gasteiger partial charge is 0.244 e. The number of hydrogen-bond acceptors (Lipinski definition) is 3. The molecule has 19 heavy (non-hydrogen) atoms. The quantitative estimate of drug-likeness (QED) is 0.833. The lowest BCUT2D eigenvalue weighted by Gasteiger charge is -2.15. The number of aromatic nitrogens is 1. The van der Waals surface area contributed by atoms with E-state index in [1.165, 1.54) is 0 Å². The second-order valence-corrected chi connectivity index (χ2v) is 7.14. The van der Waals surface area contributed by atoms with E-state index in [0.29, 0.717) is 30.4 Å². The van der Waals surface area contributed by atoms with Crippen molar-refractivity contribution in [3.05, 3.63) is 18.0 Å². The van der Waals surface area contributed by atoms with Crippen LogP contribution in [0, 0.1) is 5.92 Å². The fourth-order valence-electron chi connectivity index (χ4n) is 2.67. The van der Waals surface area contributed by atoms with E-state index in [4.69, 9.17) is 0 Å². The first-order chi connectivity index (χ1) is 9.07. The molecule has 6 heteroatoms. The molecule has 1 atom stereocenters. The van der Waals surface area contributed by atoms with Crippen LogP contribution in [-0.2, 0) is 16.6 Å². The van der Waals surface area contributed by atoms with Crippen molar-refractivity contribution in [1.82, 2.24) is 14.6 Å². The van der Waals surface area contributed by atoms with Gasteiger partial charge in [0.1, 0.15) is 0 Å². The first-order valence-electron chi connectivity index (χ1n) is 6.90. The lowest BCUT2D eigenvalue weighted by molar-refractivity contribution is 0.444. The minimum absolute atomic E-state index is 0.384. The van der Waals surface area contributed by atoms with E-state index >= 15 is 0 Å². The Morgan fingerprint density at radius 1 is 1.53 bits per heavy atom. The van der Waals surface area contributed by atoms with Gasteiger partial charge in [-0.15, -0.1) is 0 Å². The Bertz CT molecular complexity index is 510. The van der Waals surface area contributed by atoms with Crippen molar-refractivity contribution in [2.24, 2.45) is 5.92 Å². The minimum Gasteiger partial charge on any atom is -0.363 e. The Balaban J connectivity index is 2.09. The van der Waals surface area contributed by atoms with E-state index in [1.54, 1.807) is 16.6 Å². The van der Waals surface area contributed by atoms with E-state index in [-0.39, 0.29) is 0 Å². The fraction of sp³-hybridized carbons (Fsp3) is 0.692. The Labute approximate surface area is 115 Å². The molecular weight excluding hydrogens is 262 g/mol. The highest BCUT2D eigenvalue weighted by Gasteiger charge is 2.32. The molecule has 1 unspecified atom stereocenters. The molecule has 2 N–H and O–H groups in total. The monoisotopic (exact) mass is 285 g/mol. The van der Waals surface area contributed by atoms with Crippen LogP contribution >= 0.6 is 0 Å². The average molecular weight is 285 g/mol. The van der Waals surface area contributed by atoms with Gasteiger partial charge >= 0.3 is 0 Å². The Kier molecular flexibility index (Phi) is 4.65. The van der Waals surface area contributed by atoms with Gasteiger partial charge in [-0.25, -0.2) is 8.42 Å². The summed E-state index contributed by atoms with van der Waals surface area (Å²) >= 11 is 0. The Morgan fingerprint density at radius 3 is 3.00 bits per heavy atom. The predicted octanol–water partition coefficient (Wildman–Crippen LogP) is 1.54. The lowest BCUT2D eigenvalue weighted by atomic mass is 10.0. The highest BCUT2D eigenvalue weighted by Crippen LogP contribution is 2.27. The zero-order chi connectivity index (χ0) is 13.9. The van der Waals surface area contributed by atoms with E-state index in [1.807, 2.05) is 7.05 Å². The zero-order valence-electron chi connectivity index (χ0n) is 11.6. The minimum atomic E-state index is -3.31. The highest BCUT2D eigenvalue weighted by atomic mass is 32.2. The first-order valence-corrected chi connectivity index (χ1v) is 8.34. The van der Waals surface area contributed by atoms with Gasteiger partial charge in [0.2, 0.25) is 10.0 Å². The average Bonchev–Trinajstić information content (AvgIpc) is 2.99. The summed E-state index contributed by atoms with van der Waals surface area (Å²) < 4.78 is 26.6. The summed E-state index contributed by atoms with van der Waals surface area (Å²) in [5.74, 6) is 0.524. The number of aromatic amines is 1. The fourth-order valence-corrected chi connectivity index (χ4v) is 4.22. The van der Waals surface area contributed by atoms with Crippen LogP contribution in [-0.4, -0.2) is 37.8 Å². The molecule has 1 fully saturated rings. The summed E-state index contributed by atoms with van der Waals surface area (Å²) in [6.07, 6.45) is 4.81. The predicted molar refractivity (Wildman–Crippen MR) is 75.3 cm³/mol. The molecule has 1 aromatic rings. The van der Waals surface area contributed by atoms with Crippen LogP contribution in [0.4, 0.5) is 0 Å². The molecule has 0 bridgehead atoms. The van der Waals surface area contributed by atoms with Crippen molar-refractivity contribution in [3.8, 4) is 0 Å². The zero-order valence-corrected chi connectivity index (χ0v) is 12.5. The van der Waals surface area contributed by atoms with Gasteiger partial charge < -0.3 is 10.3 Å². The van der Waals surface area contributed by atoms with Crippen LogP contribution in [0.5, 0.6) is 0 Å². The summed E-state index contributed by atoms with van der Waals surface area (Å²) in [7, 11) is -1.47. The third-order valence-corrected chi connectivity index (χ3v) is 5.51. The standard InChI is InChI=1S/C13H23N3O2S/c1-3-4-11-5-6-16(10-11)19(17,18)13-7-12(8-14-2)15-9-13/h7,9,11,14-15H,3-6,8,10H2,1-2H3. The molecule has 0 radical (unpaired) electrons. The van der Waals surface area contributed by atoms with E-state index in [0.717, 1.165) is 25.0 Å². The number of sulfonamides is 1. The number of nitrogens with zero attached hydrogens (tertiary/aromatic N) is 1. The van der Waals surface area contributed by atoms with Gasteiger partial charge in [0, 0.05) is 31.5 Å². The van der Waals surface area contributed by atoms with Gasteiger partial charge in [-0.1, -0.05) is 13.3 Å². The molecule has 0 aromatic carbocycles. The van der Waals surface area contributed by atoms with E-state index in [9.17, 15) is 8.42 Å². The van der Waals surface area contributed by atoms with E-state index < -0.39 is 10.0 Å². The molecule has 108 valence electrons. The van der Waals surface area contributed by atoms with Crippen molar-refractivity contribution in [1.29, 1.82) is 0 Å². The summed E-state index contributed by atoms with van der Waals surface area (Å²) in [6.45, 7) is 4.11. The summed E-state index contributed by atoms with van der Waals surface area (Å²) in [5, 5.41) is 3.00. The number of H-pyrrole nitrogens is 1. The van der Waals surface area contributed by atoms with Crippen LogP contribution in [0.1, 0.15) is 31.9 Å². The molecule has 2 rings (SSSR count). The van der Waals surface area contributed by atoms with Gasteiger partial charge in [0.05, 0.1) is 4.90 Å². The second-order valence-electron chi connectivity index (χ2n) is 5.20. The maximum absolute atomic E-state index is 12.5. The normalized spacial score (nSPS) is 21.1. The SMILES string of the molecule is CCCC1CCN(S(=O)(=O)c2c[nH]c(CNC)c2)C1. The highest BCUT2D eigenvalue weighted by molar-refractivity contribution is 7.89. The van der Waals surface area contributed by atoms with Crippen molar-refractivity contribution in [2.45, 2.75) is 37.6 Å². The number of hydrogen-bond donors (Lipinski definition) is 2. The van der Waals surface area contributed by atoms with Gasteiger partial charge in [-0.2, -0.15) is 4.31 Å². The van der Waals surface area contributed by atoms with Crippen molar-refractivity contribution >= 4 is 10.0 Å². The molecule has 0 spiro atoms. The molecule has 2 heterocycles. The second kappa shape index (κ2) is 6.07. The van der Waals surface area contributed by atoms with Crippen LogP contribution in [0.15, 0.2) is 17.2 Å². The summed E-state index contributed by atoms with van der Waals surface area (Å²) in [4.78, 5) is 3.39. The van der Waals surface area contributed by atoms with Crippen LogP contribution < -0.4 is 5.32 Å². The molecule has 5 nitrogen and oxygen atoms in total. The maximum Gasteiger partial charge on any atom is 0.244 e. The van der Waals surface area contributed by atoms with Gasteiger partial charge in [-0.3, -0.25) is 0 Å². The molecule has 0 aliphatic carbocycles. The Morgan fingerprint density at radius 2 is 2.32 bits per heavy atom. The molecule has 1 aliphatic rings. The molecule has 1 aliphatic heterocycles. The summed E-state index contributed by atoms with van der Waals surface area (Å²) in [6, 6.07) is 1.72. The third-order valence-electron chi connectivity index (χ3n) is 3.67. The van der Waals surface area contributed by atoms with Crippen LogP contribution in [0.3, 0.4) is 0 Å². The lowest BCUT2D eigenvalue weighted by Crippen LogP contribution is -2.28. The van der Waals surface area contributed by atoms with Gasteiger partial charge in [0.25, 0.3) is 0 Å². The van der Waals surface area contributed by atoms with Crippen LogP contribution in [0.25, 0.3) is 0 Å².